The van der Waals surface area contributed by atoms with Crippen molar-refractivity contribution in [2.75, 3.05) is 5.43 Å². The van der Waals surface area contributed by atoms with Gasteiger partial charge >= 0.3 is 0 Å². The van der Waals surface area contributed by atoms with Crippen LogP contribution in [0.4, 0.5) is 5.82 Å². The summed E-state index contributed by atoms with van der Waals surface area (Å²) < 4.78 is 0. The maximum absolute atomic E-state index is 5.82. The molecule has 0 fully saturated rings. The van der Waals surface area contributed by atoms with E-state index in [1.54, 1.807) is 0 Å². The number of rotatable bonds is 2. The van der Waals surface area contributed by atoms with Crippen molar-refractivity contribution in [2.45, 2.75) is 6.92 Å². The van der Waals surface area contributed by atoms with E-state index in [2.05, 4.69) is 15.6 Å². The van der Waals surface area contributed by atoms with Gasteiger partial charge in [0.15, 0.2) is 5.82 Å². The highest BCUT2D eigenvalue weighted by molar-refractivity contribution is 6.30. The Balaban J connectivity index is 2.44. The minimum absolute atomic E-state index is 0.551. The lowest BCUT2D eigenvalue weighted by molar-refractivity contribution is 1.01. The normalized spacial score (nSPS) is 10.2. The van der Waals surface area contributed by atoms with Gasteiger partial charge in [-0.2, -0.15) is 0 Å². The number of hydrogen-bond acceptors (Lipinski definition) is 4. The largest absolute Gasteiger partial charge is 0.307 e. The fraction of sp³-hybridized carbons (Fsp3) is 0.0909. The maximum Gasteiger partial charge on any atom is 0.162 e. The second-order valence-electron chi connectivity index (χ2n) is 3.41. The Labute approximate surface area is 98.4 Å². The van der Waals surface area contributed by atoms with Crippen molar-refractivity contribution in [3.63, 3.8) is 0 Å². The lowest BCUT2D eigenvalue weighted by atomic mass is 10.1. The molecular weight excluding hydrogens is 224 g/mol. The molecule has 0 spiro atoms. The van der Waals surface area contributed by atoms with E-state index in [1.807, 2.05) is 37.3 Å². The van der Waals surface area contributed by atoms with Crippen molar-refractivity contribution in [2.24, 2.45) is 5.84 Å². The Kier molecular flexibility index (Phi) is 3.03. The van der Waals surface area contributed by atoms with Crippen LogP contribution in [0.1, 0.15) is 5.56 Å². The first-order chi connectivity index (χ1) is 7.70. The molecule has 2 aromatic rings. The van der Waals surface area contributed by atoms with Crippen LogP contribution in [0.2, 0.25) is 5.02 Å². The molecule has 0 aliphatic carbocycles. The monoisotopic (exact) mass is 234 g/mol. The molecular formula is C11H11ClN4. The summed E-state index contributed by atoms with van der Waals surface area (Å²) in [4.78, 5) is 0. The Morgan fingerprint density at radius 3 is 2.44 bits per heavy atom. The number of nitrogens with one attached hydrogen (secondary N) is 1. The molecule has 0 unspecified atom stereocenters. The lowest BCUT2D eigenvalue weighted by Gasteiger charge is -2.05. The van der Waals surface area contributed by atoms with Crippen molar-refractivity contribution >= 4 is 17.4 Å². The second-order valence-corrected chi connectivity index (χ2v) is 3.85. The fourth-order valence-corrected chi connectivity index (χ4v) is 1.57. The summed E-state index contributed by atoms with van der Waals surface area (Å²) in [5, 5.41) is 8.75. The number of nitrogen functional groups attached to an aromatic ring is 1. The van der Waals surface area contributed by atoms with Crippen LogP contribution in [-0.4, -0.2) is 10.2 Å². The number of halogens is 1. The number of aryl methyl sites for hydroxylation is 1. The summed E-state index contributed by atoms with van der Waals surface area (Å²) in [6.07, 6.45) is 0. The number of aromatic nitrogens is 2. The minimum Gasteiger partial charge on any atom is -0.307 e. The van der Waals surface area contributed by atoms with E-state index in [1.165, 1.54) is 0 Å². The van der Waals surface area contributed by atoms with Crippen LogP contribution in [0.25, 0.3) is 11.3 Å². The number of hydrazine groups is 1. The van der Waals surface area contributed by atoms with Crippen LogP contribution < -0.4 is 11.3 Å². The zero-order valence-electron chi connectivity index (χ0n) is 8.74. The van der Waals surface area contributed by atoms with Gasteiger partial charge in [-0.25, -0.2) is 5.84 Å². The molecule has 1 aromatic carbocycles. The summed E-state index contributed by atoms with van der Waals surface area (Å²) in [5.41, 5.74) is 5.28. The molecule has 0 radical (unpaired) electrons. The standard InChI is InChI=1S/C11H11ClN4/c1-7-6-10(14-13)15-16-11(7)8-2-4-9(12)5-3-8/h2-6H,13H2,1H3,(H,14,15). The van der Waals surface area contributed by atoms with E-state index >= 15 is 0 Å². The first-order valence-electron chi connectivity index (χ1n) is 4.77. The predicted molar refractivity (Wildman–Crippen MR) is 65.0 cm³/mol. The van der Waals surface area contributed by atoms with Gasteiger partial charge in [-0.1, -0.05) is 23.7 Å². The maximum atomic E-state index is 5.82. The van der Waals surface area contributed by atoms with Gasteiger partial charge < -0.3 is 5.43 Å². The van der Waals surface area contributed by atoms with Gasteiger partial charge in [0.1, 0.15) is 0 Å². The van der Waals surface area contributed by atoms with E-state index in [0.717, 1.165) is 16.8 Å². The first-order valence-corrected chi connectivity index (χ1v) is 5.15. The van der Waals surface area contributed by atoms with Gasteiger partial charge in [0.05, 0.1) is 5.69 Å². The van der Waals surface area contributed by atoms with Crippen molar-refractivity contribution in [3.05, 3.63) is 40.9 Å². The van der Waals surface area contributed by atoms with Crippen LogP contribution in [-0.2, 0) is 0 Å². The molecule has 0 aliphatic rings. The van der Waals surface area contributed by atoms with Gasteiger partial charge in [-0.15, -0.1) is 10.2 Å². The van der Waals surface area contributed by atoms with Crippen LogP contribution in [0.5, 0.6) is 0 Å². The van der Waals surface area contributed by atoms with Crippen molar-refractivity contribution in [1.29, 1.82) is 0 Å². The molecule has 1 aromatic heterocycles. The summed E-state index contributed by atoms with van der Waals surface area (Å²) in [7, 11) is 0. The Hall–Kier alpha value is -1.65. The summed E-state index contributed by atoms with van der Waals surface area (Å²) in [5.74, 6) is 5.81. The summed E-state index contributed by atoms with van der Waals surface area (Å²) >= 11 is 5.82. The third kappa shape index (κ3) is 2.13. The lowest BCUT2D eigenvalue weighted by Crippen LogP contribution is -2.09. The Morgan fingerprint density at radius 2 is 1.88 bits per heavy atom. The third-order valence-electron chi connectivity index (χ3n) is 2.25. The van der Waals surface area contributed by atoms with Crippen LogP contribution in [0.15, 0.2) is 30.3 Å². The SMILES string of the molecule is Cc1cc(NN)nnc1-c1ccc(Cl)cc1. The highest BCUT2D eigenvalue weighted by Crippen LogP contribution is 2.23. The molecule has 0 amide bonds. The number of benzene rings is 1. The smallest absolute Gasteiger partial charge is 0.162 e. The predicted octanol–water partition coefficient (Wildman–Crippen LogP) is 2.39. The number of nitrogens with zero attached hydrogens (tertiary/aromatic N) is 2. The quantitative estimate of drug-likeness (QED) is 0.619. The third-order valence-corrected chi connectivity index (χ3v) is 2.50. The molecule has 16 heavy (non-hydrogen) atoms. The van der Waals surface area contributed by atoms with E-state index in [0.29, 0.717) is 10.8 Å². The molecule has 4 nitrogen and oxygen atoms in total. The fourth-order valence-electron chi connectivity index (χ4n) is 1.45. The average Bonchev–Trinajstić information content (AvgIpc) is 2.30. The zero-order valence-corrected chi connectivity index (χ0v) is 9.49. The minimum atomic E-state index is 0.551. The van der Waals surface area contributed by atoms with Crippen LogP contribution in [0, 0.1) is 6.92 Å². The van der Waals surface area contributed by atoms with Gasteiger partial charge in [0.2, 0.25) is 0 Å². The van der Waals surface area contributed by atoms with Gasteiger partial charge in [-0.3, -0.25) is 0 Å². The van der Waals surface area contributed by atoms with Gasteiger partial charge in [-0.05, 0) is 30.7 Å². The van der Waals surface area contributed by atoms with Crippen LogP contribution in [0.3, 0.4) is 0 Å². The molecule has 0 atom stereocenters. The highest BCUT2D eigenvalue weighted by Gasteiger charge is 2.05. The average molecular weight is 235 g/mol. The zero-order chi connectivity index (χ0) is 11.5. The summed E-state index contributed by atoms with van der Waals surface area (Å²) in [6.45, 7) is 1.96. The van der Waals surface area contributed by atoms with Gasteiger partial charge in [0.25, 0.3) is 0 Å². The molecule has 3 N–H and O–H groups in total. The van der Waals surface area contributed by atoms with Crippen LogP contribution >= 0.6 is 11.6 Å². The Bertz CT molecular complexity index is 496. The molecule has 5 heteroatoms. The Morgan fingerprint density at radius 1 is 1.19 bits per heavy atom. The molecule has 1 heterocycles. The van der Waals surface area contributed by atoms with E-state index < -0.39 is 0 Å². The second kappa shape index (κ2) is 4.47. The van der Waals surface area contributed by atoms with Crippen molar-refractivity contribution < 1.29 is 0 Å². The highest BCUT2D eigenvalue weighted by atomic mass is 35.5. The molecule has 2 rings (SSSR count). The molecule has 0 bridgehead atoms. The van der Waals surface area contributed by atoms with E-state index in [9.17, 15) is 0 Å². The number of anilines is 1. The summed E-state index contributed by atoms with van der Waals surface area (Å²) in [6, 6.07) is 9.32. The van der Waals surface area contributed by atoms with E-state index in [-0.39, 0.29) is 0 Å². The molecule has 0 aliphatic heterocycles. The van der Waals surface area contributed by atoms with Crippen molar-refractivity contribution in [1.82, 2.24) is 10.2 Å². The molecule has 0 saturated carbocycles. The molecule has 0 saturated heterocycles. The van der Waals surface area contributed by atoms with Gasteiger partial charge in [0, 0.05) is 10.6 Å². The topological polar surface area (TPSA) is 63.8 Å². The first kappa shape index (κ1) is 10.9. The van der Waals surface area contributed by atoms with Crippen molar-refractivity contribution in [3.8, 4) is 11.3 Å². The number of hydrogen-bond donors (Lipinski definition) is 2. The van der Waals surface area contributed by atoms with E-state index in [4.69, 9.17) is 17.4 Å². The number of nitrogens with two attached hydrogens (primary N) is 1. The molecule has 82 valence electrons.